The third kappa shape index (κ3) is 4.72. The van der Waals surface area contributed by atoms with Crippen LogP contribution in [0, 0.1) is 6.92 Å². The predicted octanol–water partition coefficient (Wildman–Crippen LogP) is 3.82. The molecule has 26 heavy (non-hydrogen) atoms. The van der Waals surface area contributed by atoms with Crippen molar-refractivity contribution in [3.05, 3.63) is 77.5 Å². The first-order valence-electron chi connectivity index (χ1n) is 8.65. The number of anilines is 1. The van der Waals surface area contributed by atoms with E-state index in [1.165, 1.54) is 0 Å². The van der Waals surface area contributed by atoms with E-state index < -0.39 is 0 Å². The first kappa shape index (κ1) is 17.7. The van der Waals surface area contributed by atoms with Crippen LogP contribution in [0.1, 0.15) is 23.2 Å². The van der Waals surface area contributed by atoms with Gasteiger partial charge in [0.25, 0.3) is 0 Å². The number of amides is 1. The van der Waals surface area contributed by atoms with Crippen LogP contribution in [0.3, 0.4) is 0 Å². The average molecular weight is 349 g/mol. The first-order chi connectivity index (χ1) is 12.6. The lowest BCUT2D eigenvalue weighted by Gasteiger charge is -2.09. The summed E-state index contributed by atoms with van der Waals surface area (Å²) < 4.78 is 7.05. The Hall–Kier alpha value is -3.08. The van der Waals surface area contributed by atoms with Crippen LogP contribution in [0.2, 0.25) is 0 Å². The van der Waals surface area contributed by atoms with Gasteiger partial charge in [0.1, 0.15) is 11.6 Å². The number of hydrogen-bond acceptors (Lipinski definition) is 3. The summed E-state index contributed by atoms with van der Waals surface area (Å²) in [5.41, 5.74) is 3.10. The molecule has 5 nitrogen and oxygen atoms in total. The van der Waals surface area contributed by atoms with Crippen molar-refractivity contribution in [1.82, 2.24) is 9.78 Å². The Bertz CT molecular complexity index is 872. The van der Waals surface area contributed by atoms with Crippen LogP contribution in [-0.2, 0) is 17.8 Å². The molecule has 0 spiro atoms. The third-order valence-electron chi connectivity index (χ3n) is 4.12. The van der Waals surface area contributed by atoms with Gasteiger partial charge < -0.3 is 10.1 Å². The maximum absolute atomic E-state index is 12.4. The van der Waals surface area contributed by atoms with Crippen LogP contribution >= 0.6 is 0 Å². The standard InChI is InChI=1S/C21H23N3O2/c1-16-13-20(24(23-16)15-18-7-4-3-5-8-18)22-21(25)12-11-17-9-6-10-19(14-17)26-2/h3-10,13-14H,11-12,15H2,1-2H3,(H,22,25). The van der Waals surface area contributed by atoms with E-state index in [-0.39, 0.29) is 5.91 Å². The number of aryl methyl sites for hydroxylation is 2. The van der Waals surface area contributed by atoms with Gasteiger partial charge in [-0.15, -0.1) is 0 Å². The number of carbonyl (C=O) groups excluding carboxylic acids is 1. The fourth-order valence-corrected chi connectivity index (χ4v) is 2.81. The molecule has 3 rings (SSSR count). The fourth-order valence-electron chi connectivity index (χ4n) is 2.81. The largest absolute Gasteiger partial charge is 0.497 e. The minimum Gasteiger partial charge on any atom is -0.497 e. The Morgan fingerprint density at radius 3 is 2.62 bits per heavy atom. The van der Waals surface area contributed by atoms with Crippen molar-refractivity contribution in [3.8, 4) is 5.75 Å². The van der Waals surface area contributed by atoms with Crippen molar-refractivity contribution in [2.75, 3.05) is 12.4 Å². The molecule has 0 fully saturated rings. The molecule has 0 saturated carbocycles. The highest BCUT2D eigenvalue weighted by Crippen LogP contribution is 2.16. The van der Waals surface area contributed by atoms with E-state index in [4.69, 9.17) is 4.74 Å². The van der Waals surface area contributed by atoms with Crippen LogP contribution in [-0.4, -0.2) is 22.8 Å². The molecule has 5 heteroatoms. The van der Waals surface area contributed by atoms with E-state index in [1.807, 2.05) is 72.3 Å². The Morgan fingerprint density at radius 2 is 1.85 bits per heavy atom. The second kappa shape index (κ2) is 8.34. The highest BCUT2D eigenvalue weighted by Gasteiger charge is 2.10. The smallest absolute Gasteiger partial charge is 0.225 e. The molecule has 3 aromatic rings. The molecule has 1 heterocycles. The zero-order valence-electron chi connectivity index (χ0n) is 15.1. The topological polar surface area (TPSA) is 56.1 Å². The van der Waals surface area contributed by atoms with Crippen molar-refractivity contribution >= 4 is 11.7 Å². The minimum absolute atomic E-state index is 0.0259. The zero-order valence-corrected chi connectivity index (χ0v) is 15.1. The molecule has 1 amide bonds. The lowest BCUT2D eigenvalue weighted by Crippen LogP contribution is -2.16. The Kier molecular flexibility index (Phi) is 5.69. The lowest BCUT2D eigenvalue weighted by atomic mass is 10.1. The van der Waals surface area contributed by atoms with E-state index in [2.05, 4.69) is 10.4 Å². The highest BCUT2D eigenvalue weighted by molar-refractivity contribution is 5.90. The van der Waals surface area contributed by atoms with Crippen LogP contribution in [0.4, 0.5) is 5.82 Å². The van der Waals surface area contributed by atoms with Gasteiger partial charge in [0.2, 0.25) is 5.91 Å². The van der Waals surface area contributed by atoms with E-state index in [0.29, 0.717) is 19.4 Å². The normalized spacial score (nSPS) is 10.5. The van der Waals surface area contributed by atoms with Crippen LogP contribution in [0.15, 0.2) is 60.7 Å². The van der Waals surface area contributed by atoms with Crippen LogP contribution < -0.4 is 10.1 Å². The second-order valence-corrected chi connectivity index (χ2v) is 6.21. The molecule has 0 aliphatic heterocycles. The summed E-state index contributed by atoms with van der Waals surface area (Å²) >= 11 is 0. The van der Waals surface area contributed by atoms with Gasteiger partial charge in [0.05, 0.1) is 19.3 Å². The van der Waals surface area contributed by atoms with E-state index in [0.717, 1.165) is 28.4 Å². The van der Waals surface area contributed by atoms with Crippen molar-refractivity contribution in [2.24, 2.45) is 0 Å². The number of carbonyl (C=O) groups is 1. The summed E-state index contributed by atoms with van der Waals surface area (Å²) in [4.78, 5) is 12.4. The van der Waals surface area contributed by atoms with E-state index in [1.54, 1.807) is 7.11 Å². The predicted molar refractivity (Wildman–Crippen MR) is 102 cm³/mol. The molecular formula is C21H23N3O2. The number of ether oxygens (including phenoxy) is 1. The monoisotopic (exact) mass is 349 g/mol. The van der Waals surface area contributed by atoms with Gasteiger partial charge in [-0.05, 0) is 36.6 Å². The number of rotatable bonds is 7. The number of nitrogens with zero attached hydrogens (tertiary/aromatic N) is 2. The SMILES string of the molecule is COc1cccc(CCC(=O)Nc2cc(C)nn2Cc2ccccc2)c1. The molecule has 1 N–H and O–H groups in total. The van der Waals surface area contributed by atoms with Crippen LogP contribution in [0.5, 0.6) is 5.75 Å². The summed E-state index contributed by atoms with van der Waals surface area (Å²) in [6.45, 7) is 2.55. The summed E-state index contributed by atoms with van der Waals surface area (Å²) in [6, 6.07) is 19.8. The number of methoxy groups -OCH3 is 1. The second-order valence-electron chi connectivity index (χ2n) is 6.21. The minimum atomic E-state index is -0.0259. The molecule has 0 bridgehead atoms. The zero-order chi connectivity index (χ0) is 18.4. The molecule has 0 aliphatic carbocycles. The molecule has 0 unspecified atom stereocenters. The number of hydrogen-bond donors (Lipinski definition) is 1. The number of nitrogens with one attached hydrogen (secondary N) is 1. The molecule has 0 atom stereocenters. The van der Waals surface area contributed by atoms with Gasteiger partial charge in [-0.1, -0.05) is 42.5 Å². The van der Waals surface area contributed by atoms with Gasteiger partial charge in [0, 0.05) is 12.5 Å². The molecule has 1 aromatic heterocycles. The van der Waals surface area contributed by atoms with E-state index >= 15 is 0 Å². The molecule has 0 saturated heterocycles. The van der Waals surface area contributed by atoms with Gasteiger partial charge in [-0.2, -0.15) is 5.10 Å². The van der Waals surface area contributed by atoms with Gasteiger partial charge in [-0.25, -0.2) is 4.68 Å². The average Bonchev–Trinajstić information content (AvgIpc) is 2.99. The van der Waals surface area contributed by atoms with E-state index in [9.17, 15) is 4.79 Å². The molecule has 0 radical (unpaired) electrons. The van der Waals surface area contributed by atoms with Gasteiger partial charge in [-0.3, -0.25) is 4.79 Å². The van der Waals surface area contributed by atoms with Gasteiger partial charge >= 0.3 is 0 Å². The van der Waals surface area contributed by atoms with Crippen molar-refractivity contribution in [3.63, 3.8) is 0 Å². The highest BCUT2D eigenvalue weighted by atomic mass is 16.5. The molecule has 2 aromatic carbocycles. The summed E-state index contributed by atoms with van der Waals surface area (Å²) in [5, 5.41) is 7.47. The van der Waals surface area contributed by atoms with Crippen molar-refractivity contribution in [2.45, 2.75) is 26.3 Å². The molecule has 134 valence electrons. The molecular weight excluding hydrogens is 326 g/mol. The summed E-state index contributed by atoms with van der Waals surface area (Å²) in [6.07, 6.45) is 1.07. The Morgan fingerprint density at radius 1 is 1.08 bits per heavy atom. The maximum Gasteiger partial charge on any atom is 0.225 e. The fraction of sp³-hybridized carbons (Fsp3) is 0.238. The number of aromatic nitrogens is 2. The summed E-state index contributed by atoms with van der Waals surface area (Å²) in [7, 11) is 1.64. The Labute approximate surface area is 153 Å². The quantitative estimate of drug-likeness (QED) is 0.705. The first-order valence-corrected chi connectivity index (χ1v) is 8.65. The van der Waals surface area contributed by atoms with Crippen molar-refractivity contribution < 1.29 is 9.53 Å². The van der Waals surface area contributed by atoms with Gasteiger partial charge in [0.15, 0.2) is 0 Å². The number of benzene rings is 2. The molecule has 0 aliphatic rings. The Balaban J connectivity index is 1.62. The summed E-state index contributed by atoms with van der Waals surface area (Å²) in [5.74, 6) is 1.50. The maximum atomic E-state index is 12.4. The lowest BCUT2D eigenvalue weighted by molar-refractivity contribution is -0.116. The third-order valence-corrected chi connectivity index (χ3v) is 4.12. The van der Waals surface area contributed by atoms with Crippen molar-refractivity contribution in [1.29, 1.82) is 0 Å². The van der Waals surface area contributed by atoms with Crippen LogP contribution in [0.25, 0.3) is 0 Å².